The summed E-state index contributed by atoms with van der Waals surface area (Å²) < 4.78 is 2.01. The first-order chi connectivity index (χ1) is 5.77. The number of aliphatic carboxylic acids is 1. The van der Waals surface area contributed by atoms with Crippen LogP contribution in [0.5, 0.6) is 0 Å². The van der Waals surface area contributed by atoms with E-state index in [2.05, 4.69) is 0 Å². The van der Waals surface area contributed by atoms with E-state index in [1.54, 1.807) is 0 Å². The summed E-state index contributed by atoms with van der Waals surface area (Å²) in [7, 11) is 0. The minimum atomic E-state index is -0.775. The van der Waals surface area contributed by atoms with Gasteiger partial charge in [-0.05, 0) is 18.2 Å². The van der Waals surface area contributed by atoms with Gasteiger partial charge in [-0.2, -0.15) is 0 Å². The molecular weight excluding hydrogens is 154 g/mol. The first kappa shape index (κ1) is 7.16. The van der Waals surface area contributed by atoms with E-state index < -0.39 is 5.97 Å². The third-order valence-electron chi connectivity index (χ3n) is 2.01. The van der Waals surface area contributed by atoms with E-state index in [4.69, 9.17) is 5.11 Å². The summed E-state index contributed by atoms with van der Waals surface area (Å²) in [6.07, 6.45) is 4.15. The van der Waals surface area contributed by atoms with Gasteiger partial charge in [0.25, 0.3) is 0 Å². The van der Waals surface area contributed by atoms with Gasteiger partial charge in [0, 0.05) is 17.9 Å². The fraction of sp³-hybridized carbons (Fsp3) is 0.222. The van der Waals surface area contributed by atoms with Crippen LogP contribution in [-0.2, 0) is 17.8 Å². The molecule has 0 bridgehead atoms. The third kappa shape index (κ3) is 1.03. The average Bonchev–Trinajstić information content (AvgIpc) is 2.52. The van der Waals surface area contributed by atoms with Crippen molar-refractivity contribution in [3.63, 3.8) is 0 Å². The summed E-state index contributed by atoms with van der Waals surface area (Å²) in [5.74, 6) is -0.775. The SMILES string of the molecule is O=C(O)Cc1ccc2n1CC=C2. The number of carbonyl (C=O) groups is 1. The molecule has 0 aromatic carbocycles. The number of nitrogens with zero attached hydrogens (tertiary/aromatic N) is 1. The van der Waals surface area contributed by atoms with Crippen molar-refractivity contribution in [3.05, 3.63) is 29.6 Å². The lowest BCUT2D eigenvalue weighted by Crippen LogP contribution is -2.06. The van der Waals surface area contributed by atoms with Crippen molar-refractivity contribution < 1.29 is 9.90 Å². The Kier molecular flexibility index (Phi) is 1.50. The maximum absolute atomic E-state index is 10.4. The molecule has 0 saturated carbocycles. The van der Waals surface area contributed by atoms with Gasteiger partial charge in [0.05, 0.1) is 6.42 Å². The van der Waals surface area contributed by atoms with E-state index in [1.807, 2.05) is 28.9 Å². The van der Waals surface area contributed by atoms with Crippen molar-refractivity contribution in [2.75, 3.05) is 0 Å². The monoisotopic (exact) mass is 163 g/mol. The van der Waals surface area contributed by atoms with Crippen molar-refractivity contribution in [2.24, 2.45) is 0 Å². The first-order valence-electron chi connectivity index (χ1n) is 3.84. The van der Waals surface area contributed by atoms with Gasteiger partial charge in [-0.25, -0.2) is 0 Å². The molecule has 3 heteroatoms. The fourth-order valence-corrected chi connectivity index (χ4v) is 1.48. The van der Waals surface area contributed by atoms with E-state index in [9.17, 15) is 4.79 Å². The Balaban J connectivity index is 2.30. The van der Waals surface area contributed by atoms with Gasteiger partial charge < -0.3 is 9.67 Å². The number of rotatable bonds is 2. The molecule has 12 heavy (non-hydrogen) atoms. The molecule has 0 aliphatic carbocycles. The van der Waals surface area contributed by atoms with Gasteiger partial charge in [-0.1, -0.05) is 6.08 Å². The van der Waals surface area contributed by atoms with E-state index in [1.165, 1.54) is 0 Å². The fourth-order valence-electron chi connectivity index (χ4n) is 1.48. The van der Waals surface area contributed by atoms with Crippen LogP contribution >= 0.6 is 0 Å². The highest BCUT2D eigenvalue weighted by molar-refractivity contribution is 5.70. The molecule has 62 valence electrons. The molecule has 1 aromatic rings. The predicted octanol–water partition coefficient (Wildman–Crippen LogP) is 1.14. The quantitative estimate of drug-likeness (QED) is 0.710. The molecule has 3 nitrogen and oxygen atoms in total. The molecular formula is C9H9NO2. The summed E-state index contributed by atoms with van der Waals surface area (Å²) in [6.45, 7) is 0.810. The molecule has 0 atom stereocenters. The Morgan fingerprint density at radius 2 is 2.42 bits per heavy atom. The highest BCUT2D eigenvalue weighted by Crippen LogP contribution is 2.16. The number of hydrogen-bond donors (Lipinski definition) is 1. The van der Waals surface area contributed by atoms with Gasteiger partial charge in [0.1, 0.15) is 0 Å². The molecule has 1 aliphatic heterocycles. The molecule has 0 spiro atoms. The van der Waals surface area contributed by atoms with Crippen LogP contribution in [-0.4, -0.2) is 15.6 Å². The minimum Gasteiger partial charge on any atom is -0.481 e. The number of hydrogen-bond acceptors (Lipinski definition) is 1. The molecule has 0 amide bonds. The molecule has 1 aromatic heterocycles. The van der Waals surface area contributed by atoms with Crippen LogP contribution in [0.25, 0.3) is 6.08 Å². The number of aromatic nitrogens is 1. The van der Waals surface area contributed by atoms with Gasteiger partial charge in [-0.15, -0.1) is 0 Å². The topological polar surface area (TPSA) is 42.2 Å². The largest absolute Gasteiger partial charge is 0.481 e. The highest BCUT2D eigenvalue weighted by atomic mass is 16.4. The Labute approximate surface area is 69.9 Å². The molecule has 0 unspecified atom stereocenters. The Hall–Kier alpha value is -1.51. The highest BCUT2D eigenvalue weighted by Gasteiger charge is 2.11. The second kappa shape index (κ2) is 2.52. The van der Waals surface area contributed by atoms with Gasteiger partial charge in [0.15, 0.2) is 0 Å². The van der Waals surface area contributed by atoms with E-state index >= 15 is 0 Å². The molecule has 2 rings (SSSR count). The smallest absolute Gasteiger partial charge is 0.309 e. The lowest BCUT2D eigenvalue weighted by Gasteiger charge is -2.02. The van der Waals surface area contributed by atoms with Crippen molar-refractivity contribution in [1.29, 1.82) is 0 Å². The molecule has 1 aliphatic rings. The zero-order valence-electron chi connectivity index (χ0n) is 6.53. The summed E-state index contributed by atoms with van der Waals surface area (Å²) >= 11 is 0. The lowest BCUT2D eigenvalue weighted by atomic mass is 10.3. The third-order valence-corrected chi connectivity index (χ3v) is 2.01. The van der Waals surface area contributed by atoms with Crippen molar-refractivity contribution in [2.45, 2.75) is 13.0 Å². The number of fused-ring (bicyclic) bond motifs is 1. The van der Waals surface area contributed by atoms with E-state index in [0.29, 0.717) is 0 Å². The van der Waals surface area contributed by atoms with Crippen LogP contribution in [0.4, 0.5) is 0 Å². The second-order valence-electron chi connectivity index (χ2n) is 2.83. The summed E-state index contributed by atoms with van der Waals surface area (Å²) in [5, 5.41) is 8.58. The predicted molar refractivity (Wildman–Crippen MR) is 44.8 cm³/mol. The average molecular weight is 163 g/mol. The van der Waals surface area contributed by atoms with E-state index in [-0.39, 0.29) is 6.42 Å². The summed E-state index contributed by atoms with van der Waals surface area (Å²) in [5.41, 5.74) is 1.98. The Bertz CT molecular complexity index is 349. The molecule has 0 radical (unpaired) electrons. The Morgan fingerprint density at radius 1 is 1.58 bits per heavy atom. The van der Waals surface area contributed by atoms with Gasteiger partial charge in [-0.3, -0.25) is 4.79 Å². The zero-order valence-corrected chi connectivity index (χ0v) is 6.53. The van der Waals surface area contributed by atoms with Crippen LogP contribution in [0, 0.1) is 0 Å². The second-order valence-corrected chi connectivity index (χ2v) is 2.83. The van der Waals surface area contributed by atoms with Crippen LogP contribution in [0.1, 0.15) is 11.4 Å². The summed E-state index contributed by atoms with van der Waals surface area (Å²) in [6, 6.07) is 3.81. The first-order valence-corrected chi connectivity index (χ1v) is 3.84. The molecule has 0 saturated heterocycles. The lowest BCUT2D eigenvalue weighted by molar-refractivity contribution is -0.136. The molecule has 0 fully saturated rings. The van der Waals surface area contributed by atoms with E-state index in [0.717, 1.165) is 17.9 Å². The van der Waals surface area contributed by atoms with Crippen molar-refractivity contribution in [1.82, 2.24) is 4.57 Å². The number of carboxylic acid groups (broad SMARTS) is 1. The number of allylic oxidation sites excluding steroid dienone is 1. The number of carboxylic acids is 1. The van der Waals surface area contributed by atoms with Crippen LogP contribution in [0.2, 0.25) is 0 Å². The zero-order chi connectivity index (χ0) is 8.55. The van der Waals surface area contributed by atoms with Gasteiger partial charge in [0.2, 0.25) is 0 Å². The maximum Gasteiger partial charge on any atom is 0.309 e. The van der Waals surface area contributed by atoms with Crippen LogP contribution in [0.3, 0.4) is 0 Å². The van der Waals surface area contributed by atoms with Crippen LogP contribution in [0.15, 0.2) is 18.2 Å². The summed E-state index contributed by atoms with van der Waals surface area (Å²) in [4.78, 5) is 10.4. The Morgan fingerprint density at radius 3 is 3.17 bits per heavy atom. The van der Waals surface area contributed by atoms with Crippen LogP contribution < -0.4 is 0 Å². The van der Waals surface area contributed by atoms with Crippen molar-refractivity contribution >= 4 is 12.0 Å². The molecule has 1 N–H and O–H groups in total. The molecule has 2 heterocycles. The van der Waals surface area contributed by atoms with Gasteiger partial charge >= 0.3 is 5.97 Å². The normalized spacial score (nSPS) is 13.3. The van der Waals surface area contributed by atoms with Crippen molar-refractivity contribution in [3.8, 4) is 0 Å². The standard InChI is InChI=1S/C9H9NO2/c11-9(12)6-8-4-3-7-2-1-5-10(7)8/h1-4H,5-6H2,(H,11,12). The maximum atomic E-state index is 10.4. The minimum absolute atomic E-state index is 0.113.